The third-order valence-corrected chi connectivity index (χ3v) is 2.79. The third kappa shape index (κ3) is 3.15. The third-order valence-electron chi connectivity index (χ3n) is 2.79. The second-order valence-electron chi connectivity index (χ2n) is 4.53. The number of pyridine rings is 1. The van der Waals surface area contributed by atoms with Gasteiger partial charge in [-0.3, -0.25) is 14.6 Å². The molecule has 1 atom stereocenters. The molecule has 0 amide bonds. The van der Waals surface area contributed by atoms with Crippen molar-refractivity contribution in [3.8, 4) is 0 Å². The molecule has 0 bridgehead atoms. The predicted octanol–water partition coefficient (Wildman–Crippen LogP) is 2.41. The largest absolute Gasteiger partial charge is 0.465 e. The van der Waals surface area contributed by atoms with E-state index in [0.29, 0.717) is 5.56 Å². The van der Waals surface area contributed by atoms with E-state index in [1.807, 2.05) is 20.8 Å². The first-order valence-electron chi connectivity index (χ1n) is 6.10. The monoisotopic (exact) mass is 249 g/mol. The van der Waals surface area contributed by atoms with E-state index in [2.05, 4.69) is 4.98 Å². The van der Waals surface area contributed by atoms with Crippen LogP contribution in [0.4, 0.5) is 0 Å². The van der Waals surface area contributed by atoms with E-state index < -0.39 is 11.9 Å². The standard InChI is InChI=1S/C14H19NO3/c1-5-18-14(17)12(9(2)3)13(16)11-8-15-7-6-10(11)4/h6-9,12H,5H2,1-4H3. The Bertz CT molecular complexity index is 440. The summed E-state index contributed by atoms with van der Waals surface area (Å²) < 4.78 is 4.97. The predicted molar refractivity (Wildman–Crippen MR) is 68.3 cm³/mol. The molecule has 0 N–H and O–H groups in total. The van der Waals surface area contributed by atoms with Gasteiger partial charge >= 0.3 is 5.97 Å². The molecule has 0 aromatic carbocycles. The molecule has 0 aliphatic rings. The topological polar surface area (TPSA) is 56.3 Å². The van der Waals surface area contributed by atoms with Crippen LogP contribution in [0.15, 0.2) is 18.5 Å². The smallest absolute Gasteiger partial charge is 0.317 e. The quantitative estimate of drug-likeness (QED) is 0.457. The van der Waals surface area contributed by atoms with Crippen molar-refractivity contribution in [2.24, 2.45) is 11.8 Å². The molecule has 4 heteroatoms. The van der Waals surface area contributed by atoms with Crippen molar-refractivity contribution < 1.29 is 14.3 Å². The number of hydrogen-bond acceptors (Lipinski definition) is 4. The molecule has 0 aliphatic heterocycles. The fourth-order valence-corrected chi connectivity index (χ4v) is 1.80. The van der Waals surface area contributed by atoms with Gasteiger partial charge in [-0.05, 0) is 31.4 Å². The highest BCUT2D eigenvalue weighted by Crippen LogP contribution is 2.20. The molecule has 1 aromatic heterocycles. The molecule has 0 radical (unpaired) electrons. The Labute approximate surface area is 107 Å². The Balaban J connectivity index is 3.04. The maximum Gasteiger partial charge on any atom is 0.317 e. The van der Waals surface area contributed by atoms with Crippen LogP contribution in [-0.2, 0) is 9.53 Å². The maximum atomic E-state index is 12.4. The van der Waals surface area contributed by atoms with Crippen LogP contribution in [0.3, 0.4) is 0 Å². The van der Waals surface area contributed by atoms with Gasteiger partial charge < -0.3 is 4.74 Å². The number of esters is 1. The number of ketones is 1. The van der Waals surface area contributed by atoms with Gasteiger partial charge in [-0.2, -0.15) is 0 Å². The molecule has 1 unspecified atom stereocenters. The van der Waals surface area contributed by atoms with Crippen molar-refractivity contribution in [2.45, 2.75) is 27.7 Å². The van der Waals surface area contributed by atoms with E-state index in [9.17, 15) is 9.59 Å². The van der Waals surface area contributed by atoms with Crippen molar-refractivity contribution >= 4 is 11.8 Å². The van der Waals surface area contributed by atoms with Gasteiger partial charge in [0.1, 0.15) is 5.92 Å². The Morgan fingerprint density at radius 1 is 1.39 bits per heavy atom. The Morgan fingerprint density at radius 2 is 2.06 bits per heavy atom. The first-order chi connectivity index (χ1) is 8.49. The first kappa shape index (κ1) is 14.4. The average molecular weight is 249 g/mol. The summed E-state index contributed by atoms with van der Waals surface area (Å²) in [7, 11) is 0. The highest BCUT2D eigenvalue weighted by molar-refractivity contribution is 6.09. The number of rotatable bonds is 5. The zero-order valence-corrected chi connectivity index (χ0v) is 11.3. The average Bonchev–Trinajstić information content (AvgIpc) is 2.29. The summed E-state index contributed by atoms with van der Waals surface area (Å²) in [6, 6.07) is 1.76. The van der Waals surface area contributed by atoms with E-state index >= 15 is 0 Å². The van der Waals surface area contributed by atoms with Crippen molar-refractivity contribution in [3.63, 3.8) is 0 Å². The summed E-state index contributed by atoms with van der Waals surface area (Å²) in [6.45, 7) is 7.52. The molecule has 1 heterocycles. The second-order valence-corrected chi connectivity index (χ2v) is 4.53. The van der Waals surface area contributed by atoms with Gasteiger partial charge in [-0.15, -0.1) is 0 Å². The molecule has 0 spiro atoms. The van der Waals surface area contributed by atoms with Crippen molar-refractivity contribution in [1.29, 1.82) is 0 Å². The lowest BCUT2D eigenvalue weighted by molar-refractivity contribution is -0.147. The van der Waals surface area contributed by atoms with Gasteiger partial charge in [0.25, 0.3) is 0 Å². The second kappa shape index (κ2) is 6.28. The Hall–Kier alpha value is -1.71. The minimum atomic E-state index is -0.757. The van der Waals surface area contributed by atoms with Gasteiger partial charge in [0.05, 0.1) is 6.61 Å². The van der Waals surface area contributed by atoms with Crippen LogP contribution in [0.5, 0.6) is 0 Å². The summed E-state index contributed by atoms with van der Waals surface area (Å²) in [6.07, 6.45) is 3.13. The zero-order chi connectivity index (χ0) is 13.7. The molecule has 0 saturated heterocycles. The lowest BCUT2D eigenvalue weighted by Crippen LogP contribution is -2.31. The molecule has 0 saturated carbocycles. The minimum Gasteiger partial charge on any atom is -0.465 e. The summed E-state index contributed by atoms with van der Waals surface area (Å²) in [5.74, 6) is -1.53. The van der Waals surface area contributed by atoms with Gasteiger partial charge in [0.15, 0.2) is 5.78 Å². The Morgan fingerprint density at radius 3 is 2.56 bits per heavy atom. The van der Waals surface area contributed by atoms with Gasteiger partial charge in [-0.1, -0.05) is 13.8 Å². The molecule has 0 aliphatic carbocycles. The minimum absolute atomic E-state index is 0.101. The van der Waals surface area contributed by atoms with Gasteiger partial charge in [-0.25, -0.2) is 0 Å². The van der Waals surface area contributed by atoms with Crippen molar-refractivity contribution in [3.05, 3.63) is 29.6 Å². The lowest BCUT2D eigenvalue weighted by atomic mass is 9.87. The highest BCUT2D eigenvalue weighted by atomic mass is 16.5. The number of ether oxygens (including phenoxy) is 1. The van der Waals surface area contributed by atoms with Crippen LogP contribution in [0.2, 0.25) is 0 Å². The summed E-state index contributed by atoms with van der Waals surface area (Å²) >= 11 is 0. The van der Waals surface area contributed by atoms with E-state index in [4.69, 9.17) is 4.74 Å². The van der Waals surface area contributed by atoms with Crippen LogP contribution >= 0.6 is 0 Å². The molecule has 1 aromatic rings. The fraction of sp³-hybridized carbons (Fsp3) is 0.500. The van der Waals surface area contributed by atoms with Crippen molar-refractivity contribution in [1.82, 2.24) is 4.98 Å². The van der Waals surface area contributed by atoms with Crippen molar-refractivity contribution in [2.75, 3.05) is 6.61 Å². The van der Waals surface area contributed by atoms with Crippen LogP contribution in [0.25, 0.3) is 0 Å². The van der Waals surface area contributed by atoms with Gasteiger partial charge in [0.2, 0.25) is 0 Å². The normalized spacial score (nSPS) is 12.3. The van der Waals surface area contributed by atoms with E-state index in [1.54, 1.807) is 19.2 Å². The number of carbonyl (C=O) groups is 2. The van der Waals surface area contributed by atoms with E-state index in [0.717, 1.165) is 5.56 Å². The number of Topliss-reactive ketones (excluding diaryl/α,β-unsaturated/α-hetero) is 1. The SMILES string of the molecule is CCOC(=O)C(C(=O)c1cnccc1C)C(C)C. The number of aromatic nitrogens is 1. The van der Waals surface area contributed by atoms with E-state index in [-0.39, 0.29) is 18.3 Å². The fourth-order valence-electron chi connectivity index (χ4n) is 1.80. The molecule has 98 valence electrons. The summed E-state index contributed by atoms with van der Waals surface area (Å²) in [4.78, 5) is 28.2. The number of carbonyl (C=O) groups excluding carboxylic acids is 2. The molecule has 18 heavy (non-hydrogen) atoms. The zero-order valence-electron chi connectivity index (χ0n) is 11.3. The summed E-state index contributed by atoms with van der Waals surface area (Å²) in [5, 5.41) is 0. The molecular formula is C14H19NO3. The summed E-state index contributed by atoms with van der Waals surface area (Å²) in [5.41, 5.74) is 1.31. The lowest BCUT2D eigenvalue weighted by Gasteiger charge is -2.18. The first-order valence-corrected chi connectivity index (χ1v) is 6.10. The molecular weight excluding hydrogens is 230 g/mol. The number of hydrogen-bond donors (Lipinski definition) is 0. The van der Waals surface area contributed by atoms with Crippen LogP contribution in [0.1, 0.15) is 36.7 Å². The molecule has 1 rings (SSSR count). The maximum absolute atomic E-state index is 12.4. The van der Waals surface area contributed by atoms with Crippen LogP contribution in [0, 0.1) is 18.8 Å². The Kier molecular flexibility index (Phi) is 5.01. The molecule has 0 fully saturated rings. The highest BCUT2D eigenvalue weighted by Gasteiger charge is 2.32. The van der Waals surface area contributed by atoms with E-state index in [1.165, 1.54) is 6.20 Å². The number of nitrogens with zero attached hydrogens (tertiary/aromatic N) is 1. The molecule has 4 nitrogen and oxygen atoms in total. The van der Waals surface area contributed by atoms with Gasteiger partial charge in [0, 0.05) is 18.0 Å². The van der Waals surface area contributed by atoms with Crippen LogP contribution in [-0.4, -0.2) is 23.3 Å². The number of aryl methyl sites for hydroxylation is 1. The van der Waals surface area contributed by atoms with Crippen LogP contribution < -0.4 is 0 Å².